The summed E-state index contributed by atoms with van der Waals surface area (Å²) >= 11 is 0. The third-order valence-electron chi connectivity index (χ3n) is 3.47. The van der Waals surface area contributed by atoms with Crippen molar-refractivity contribution in [3.05, 3.63) is 53.9 Å². The van der Waals surface area contributed by atoms with Crippen LogP contribution in [0.15, 0.2) is 42.7 Å². The summed E-state index contributed by atoms with van der Waals surface area (Å²) in [7, 11) is 1.65. The second-order valence-electron chi connectivity index (χ2n) is 5.61. The lowest BCUT2D eigenvalue weighted by atomic mass is 10.0. The highest BCUT2D eigenvalue weighted by molar-refractivity contribution is 6.04. The van der Waals surface area contributed by atoms with E-state index in [0.717, 1.165) is 11.4 Å². The number of rotatable bonds is 7. The largest absolute Gasteiger partial charge is 0.383 e. The summed E-state index contributed by atoms with van der Waals surface area (Å²) in [5.41, 5.74) is 3.33. The Morgan fingerprint density at radius 2 is 1.91 bits per heavy atom. The van der Waals surface area contributed by atoms with Gasteiger partial charge in [0.05, 0.1) is 17.9 Å². The number of hydrogen-bond donors (Lipinski definition) is 2. The molecule has 0 aliphatic heterocycles. The third-order valence-corrected chi connectivity index (χ3v) is 3.47. The fourth-order valence-electron chi connectivity index (χ4n) is 2.11. The highest BCUT2D eigenvalue weighted by Crippen LogP contribution is 2.18. The van der Waals surface area contributed by atoms with Crippen molar-refractivity contribution >= 4 is 17.3 Å². The number of carbonyl (C=O) groups excluding carboxylic acids is 1. The van der Waals surface area contributed by atoms with Crippen molar-refractivity contribution in [1.82, 2.24) is 4.98 Å². The average molecular weight is 313 g/mol. The molecule has 0 radical (unpaired) electrons. The molecular weight excluding hydrogens is 290 g/mol. The molecule has 1 aromatic carbocycles. The van der Waals surface area contributed by atoms with Gasteiger partial charge in [0.25, 0.3) is 5.91 Å². The first-order chi connectivity index (χ1) is 11.1. The second kappa shape index (κ2) is 8.29. The molecule has 2 N–H and O–H groups in total. The number of pyridine rings is 1. The number of carbonyl (C=O) groups is 1. The zero-order valence-electron chi connectivity index (χ0n) is 13.8. The van der Waals surface area contributed by atoms with Crippen LogP contribution in [-0.2, 0) is 4.74 Å². The molecule has 122 valence electrons. The van der Waals surface area contributed by atoms with Gasteiger partial charge in [-0.05, 0) is 29.7 Å². The third kappa shape index (κ3) is 5.07. The first kappa shape index (κ1) is 17.0. The number of methoxy groups -OCH3 is 1. The van der Waals surface area contributed by atoms with Gasteiger partial charge in [-0.25, -0.2) is 0 Å². The second-order valence-corrected chi connectivity index (χ2v) is 5.61. The number of ether oxygens (including phenoxy) is 1. The number of nitrogens with one attached hydrogen (secondary N) is 2. The molecule has 0 unspecified atom stereocenters. The van der Waals surface area contributed by atoms with Crippen molar-refractivity contribution in [2.45, 2.75) is 19.8 Å². The van der Waals surface area contributed by atoms with Crippen LogP contribution in [0.2, 0.25) is 0 Å². The topological polar surface area (TPSA) is 63.2 Å². The molecule has 5 heteroatoms. The molecule has 0 bridgehead atoms. The van der Waals surface area contributed by atoms with E-state index < -0.39 is 0 Å². The van der Waals surface area contributed by atoms with Crippen LogP contribution >= 0.6 is 0 Å². The molecule has 0 fully saturated rings. The highest BCUT2D eigenvalue weighted by Gasteiger charge is 2.08. The van der Waals surface area contributed by atoms with Crippen molar-refractivity contribution in [1.29, 1.82) is 0 Å². The molecule has 0 atom stereocenters. The average Bonchev–Trinajstić information content (AvgIpc) is 2.56. The highest BCUT2D eigenvalue weighted by atomic mass is 16.5. The Hall–Kier alpha value is -2.40. The van der Waals surface area contributed by atoms with Gasteiger partial charge in [-0.1, -0.05) is 26.0 Å². The van der Waals surface area contributed by atoms with Crippen LogP contribution < -0.4 is 10.6 Å². The minimum absolute atomic E-state index is 0.176. The van der Waals surface area contributed by atoms with E-state index in [9.17, 15) is 4.79 Å². The number of aromatic nitrogens is 1. The number of anilines is 2. The predicted octanol–water partition coefficient (Wildman–Crippen LogP) is 3.52. The van der Waals surface area contributed by atoms with Gasteiger partial charge >= 0.3 is 0 Å². The standard InChI is InChI=1S/C18H23N3O2/c1-13(2)14-4-6-16(7-5-14)21-18(22)15-10-17(12-19-11-15)20-8-9-23-3/h4-7,10-13,20H,8-9H2,1-3H3,(H,21,22). The van der Waals surface area contributed by atoms with Gasteiger partial charge in [-0.15, -0.1) is 0 Å². The van der Waals surface area contributed by atoms with Crippen molar-refractivity contribution in [2.75, 3.05) is 30.9 Å². The van der Waals surface area contributed by atoms with Crippen molar-refractivity contribution in [3.63, 3.8) is 0 Å². The summed E-state index contributed by atoms with van der Waals surface area (Å²) in [5, 5.41) is 6.04. The summed E-state index contributed by atoms with van der Waals surface area (Å²) in [6.45, 7) is 5.54. The summed E-state index contributed by atoms with van der Waals surface area (Å²) in [4.78, 5) is 16.4. The van der Waals surface area contributed by atoms with E-state index in [4.69, 9.17) is 4.74 Å². The van der Waals surface area contributed by atoms with E-state index >= 15 is 0 Å². The maximum Gasteiger partial charge on any atom is 0.257 e. The van der Waals surface area contributed by atoms with Gasteiger partial charge in [0.2, 0.25) is 0 Å². The van der Waals surface area contributed by atoms with E-state index in [1.165, 1.54) is 5.56 Å². The maximum absolute atomic E-state index is 12.3. The number of amides is 1. The minimum Gasteiger partial charge on any atom is -0.383 e. The number of benzene rings is 1. The van der Waals surface area contributed by atoms with Crippen molar-refractivity contribution < 1.29 is 9.53 Å². The Bertz CT molecular complexity index is 639. The molecule has 1 heterocycles. The molecule has 0 aliphatic rings. The first-order valence-electron chi connectivity index (χ1n) is 7.69. The fraction of sp³-hybridized carbons (Fsp3) is 0.333. The zero-order valence-corrected chi connectivity index (χ0v) is 13.8. The molecule has 0 saturated carbocycles. The molecule has 2 rings (SSSR count). The van der Waals surface area contributed by atoms with Crippen LogP contribution in [0.3, 0.4) is 0 Å². The minimum atomic E-state index is -0.176. The fourth-order valence-corrected chi connectivity index (χ4v) is 2.11. The molecule has 1 amide bonds. The molecule has 5 nitrogen and oxygen atoms in total. The lowest BCUT2D eigenvalue weighted by molar-refractivity contribution is 0.102. The molecule has 23 heavy (non-hydrogen) atoms. The van der Waals surface area contributed by atoms with Crippen LogP contribution in [-0.4, -0.2) is 31.2 Å². The van der Waals surface area contributed by atoms with Gasteiger partial charge in [0.15, 0.2) is 0 Å². The van der Waals surface area contributed by atoms with E-state index in [1.807, 2.05) is 24.3 Å². The number of hydrogen-bond acceptors (Lipinski definition) is 4. The van der Waals surface area contributed by atoms with Crippen LogP contribution in [0.25, 0.3) is 0 Å². The normalized spacial score (nSPS) is 10.6. The lowest BCUT2D eigenvalue weighted by Crippen LogP contribution is -2.13. The van der Waals surface area contributed by atoms with Gasteiger partial charge in [0, 0.05) is 31.7 Å². The molecule has 0 spiro atoms. The van der Waals surface area contributed by atoms with Gasteiger partial charge in [-0.3, -0.25) is 9.78 Å². The van der Waals surface area contributed by atoms with Crippen LogP contribution in [0.1, 0.15) is 35.7 Å². The summed E-state index contributed by atoms with van der Waals surface area (Å²) in [5.74, 6) is 0.295. The Balaban J connectivity index is 2.01. The zero-order chi connectivity index (χ0) is 16.7. The molecule has 0 aliphatic carbocycles. The van der Waals surface area contributed by atoms with Gasteiger partial charge in [0.1, 0.15) is 0 Å². The van der Waals surface area contributed by atoms with E-state index in [0.29, 0.717) is 24.6 Å². The van der Waals surface area contributed by atoms with Crippen LogP contribution in [0, 0.1) is 0 Å². The number of nitrogens with zero attached hydrogens (tertiary/aromatic N) is 1. The Labute approximate surface area is 137 Å². The summed E-state index contributed by atoms with van der Waals surface area (Å²) in [6, 6.07) is 9.67. The first-order valence-corrected chi connectivity index (χ1v) is 7.69. The SMILES string of the molecule is COCCNc1cncc(C(=O)Nc2ccc(C(C)C)cc2)c1. The van der Waals surface area contributed by atoms with E-state index in [1.54, 1.807) is 25.6 Å². The van der Waals surface area contributed by atoms with Gasteiger partial charge in [-0.2, -0.15) is 0 Å². The monoisotopic (exact) mass is 313 g/mol. The molecule has 0 saturated heterocycles. The van der Waals surface area contributed by atoms with Crippen molar-refractivity contribution in [2.24, 2.45) is 0 Å². The van der Waals surface area contributed by atoms with Gasteiger partial charge < -0.3 is 15.4 Å². The predicted molar refractivity (Wildman–Crippen MR) is 93.1 cm³/mol. The molecule has 2 aromatic rings. The molecule has 1 aromatic heterocycles. The van der Waals surface area contributed by atoms with E-state index in [-0.39, 0.29) is 5.91 Å². The van der Waals surface area contributed by atoms with E-state index in [2.05, 4.69) is 29.5 Å². The summed E-state index contributed by atoms with van der Waals surface area (Å²) in [6.07, 6.45) is 3.24. The quantitative estimate of drug-likeness (QED) is 0.768. The Morgan fingerprint density at radius 3 is 2.57 bits per heavy atom. The maximum atomic E-state index is 12.3. The Morgan fingerprint density at radius 1 is 1.17 bits per heavy atom. The van der Waals surface area contributed by atoms with Crippen molar-refractivity contribution in [3.8, 4) is 0 Å². The Kier molecular flexibility index (Phi) is 6.11. The van der Waals surface area contributed by atoms with Crippen LogP contribution in [0.4, 0.5) is 11.4 Å². The summed E-state index contributed by atoms with van der Waals surface area (Å²) < 4.78 is 4.98. The smallest absolute Gasteiger partial charge is 0.257 e. The lowest BCUT2D eigenvalue weighted by Gasteiger charge is -2.10. The van der Waals surface area contributed by atoms with Crippen LogP contribution in [0.5, 0.6) is 0 Å². The molecular formula is C18H23N3O2.